The summed E-state index contributed by atoms with van der Waals surface area (Å²) in [6, 6.07) is 56.1. The summed E-state index contributed by atoms with van der Waals surface area (Å²) in [6.45, 7) is 6.15. The van der Waals surface area contributed by atoms with Gasteiger partial charge in [0.25, 0.3) is 0 Å². The molecule has 0 bridgehead atoms. The Balaban J connectivity index is 0.000000159. The predicted molar refractivity (Wildman–Crippen MR) is 222 cm³/mol. The molecule has 9 rings (SSSR count). The number of nitrogens with zero attached hydrogens (tertiary/aromatic N) is 1. The van der Waals surface area contributed by atoms with Crippen molar-refractivity contribution in [3.63, 3.8) is 0 Å². The van der Waals surface area contributed by atoms with Crippen molar-refractivity contribution in [2.24, 2.45) is 5.73 Å². The van der Waals surface area contributed by atoms with Gasteiger partial charge in [-0.05, 0) is 94.9 Å². The minimum atomic E-state index is -0.217. The molecule has 4 nitrogen and oxygen atoms in total. The topological polar surface area (TPSA) is 55.0 Å². The van der Waals surface area contributed by atoms with Gasteiger partial charge in [-0.1, -0.05) is 153 Å². The van der Waals surface area contributed by atoms with Crippen molar-refractivity contribution in [1.29, 1.82) is 0 Å². The predicted octanol–water partition coefficient (Wildman–Crippen LogP) is 11.2. The number of rotatable bonds is 6. The Labute approximate surface area is 307 Å². The maximum atomic E-state index is 6.27. The molecule has 0 spiro atoms. The molecule has 4 heteroatoms. The standard InChI is InChI=1S/C27H21N.C19H21N3.C2H6/c1-18-10-14-21(15-11-18)28-24-16-12-19-6-2-4-8-22(19)26(24)27-23-9-5-3-7-20(23)13-17-25(27)28;1-21-19(22-18(20)15-8-3-2-4-9-15)17-12-11-14-7-5-6-10-16(14)13-17;1-2/h2-12,14-16H,13,17H2,1H3;2-13,18-19,21-22H,20H2,1H3;1-2H3. The highest BCUT2D eigenvalue weighted by atomic mass is 15.2. The lowest BCUT2D eigenvalue weighted by Gasteiger charge is -2.24. The van der Waals surface area contributed by atoms with E-state index in [1.54, 1.807) is 0 Å². The van der Waals surface area contributed by atoms with Crippen molar-refractivity contribution >= 4 is 32.4 Å². The third-order valence-electron chi connectivity index (χ3n) is 10.1. The SMILES string of the molecule is CC.CNC(NC(N)c1ccccc1)c1ccc2ccccc2c1.Cc1ccc(-n2c3c(c4c5ccccc5ccc42)-c2ccccc2CC3)cc1. The van der Waals surface area contributed by atoms with E-state index in [1.807, 2.05) is 51.2 Å². The lowest BCUT2D eigenvalue weighted by Crippen LogP contribution is -2.38. The van der Waals surface area contributed by atoms with E-state index in [-0.39, 0.29) is 12.3 Å². The number of hydrogen-bond donors (Lipinski definition) is 3. The first-order valence-corrected chi connectivity index (χ1v) is 18.5. The fourth-order valence-corrected chi connectivity index (χ4v) is 7.53. The summed E-state index contributed by atoms with van der Waals surface area (Å²) in [4.78, 5) is 0. The van der Waals surface area contributed by atoms with Crippen molar-refractivity contribution in [3.05, 3.63) is 186 Å². The molecule has 1 aliphatic carbocycles. The zero-order valence-corrected chi connectivity index (χ0v) is 30.6. The molecule has 0 radical (unpaired) electrons. The molecule has 7 aromatic carbocycles. The van der Waals surface area contributed by atoms with Crippen molar-refractivity contribution < 1.29 is 0 Å². The second kappa shape index (κ2) is 15.8. The van der Waals surface area contributed by atoms with Gasteiger partial charge in [-0.2, -0.15) is 0 Å². The van der Waals surface area contributed by atoms with Gasteiger partial charge in [0, 0.05) is 22.3 Å². The van der Waals surface area contributed by atoms with Gasteiger partial charge in [0.05, 0.1) is 17.8 Å². The molecule has 1 heterocycles. The first kappa shape index (κ1) is 34.9. The minimum Gasteiger partial charge on any atom is -0.313 e. The highest BCUT2D eigenvalue weighted by Gasteiger charge is 2.26. The van der Waals surface area contributed by atoms with Crippen LogP contribution in [-0.4, -0.2) is 11.6 Å². The molecule has 0 saturated heterocycles. The van der Waals surface area contributed by atoms with E-state index in [0.29, 0.717) is 0 Å². The van der Waals surface area contributed by atoms with Crippen molar-refractivity contribution in [2.75, 3.05) is 7.05 Å². The fourth-order valence-electron chi connectivity index (χ4n) is 7.53. The molecule has 52 heavy (non-hydrogen) atoms. The zero-order chi connectivity index (χ0) is 36.0. The van der Waals surface area contributed by atoms with Crippen molar-refractivity contribution in [3.8, 4) is 16.8 Å². The molecule has 8 aromatic rings. The van der Waals surface area contributed by atoms with Crippen molar-refractivity contribution in [1.82, 2.24) is 15.2 Å². The second-order valence-corrected chi connectivity index (χ2v) is 13.2. The number of aryl methyl sites for hydroxylation is 2. The largest absolute Gasteiger partial charge is 0.313 e. The van der Waals surface area contributed by atoms with Gasteiger partial charge >= 0.3 is 0 Å². The van der Waals surface area contributed by atoms with Gasteiger partial charge in [-0.15, -0.1) is 0 Å². The van der Waals surface area contributed by atoms with E-state index in [9.17, 15) is 0 Å². The second-order valence-electron chi connectivity index (χ2n) is 13.2. The average molecular weight is 681 g/mol. The van der Waals surface area contributed by atoms with Gasteiger partial charge in [0.1, 0.15) is 0 Å². The van der Waals surface area contributed by atoms with Gasteiger partial charge < -0.3 is 15.6 Å². The summed E-state index contributed by atoms with van der Waals surface area (Å²) in [6.07, 6.45) is 1.96. The summed E-state index contributed by atoms with van der Waals surface area (Å²) < 4.78 is 2.49. The molecule has 4 N–H and O–H groups in total. The minimum absolute atomic E-state index is 0.000174. The van der Waals surface area contributed by atoms with Gasteiger partial charge in [0.2, 0.25) is 0 Å². The van der Waals surface area contributed by atoms with Crippen LogP contribution in [0.3, 0.4) is 0 Å². The van der Waals surface area contributed by atoms with Crippen LogP contribution < -0.4 is 16.4 Å². The highest BCUT2D eigenvalue weighted by Crippen LogP contribution is 2.44. The molecule has 2 unspecified atom stereocenters. The van der Waals surface area contributed by atoms with Crippen molar-refractivity contribution in [2.45, 2.75) is 45.9 Å². The third-order valence-corrected chi connectivity index (χ3v) is 10.1. The van der Waals surface area contributed by atoms with E-state index in [2.05, 4.69) is 150 Å². The first-order valence-electron chi connectivity index (χ1n) is 18.5. The molecule has 0 fully saturated rings. The van der Waals surface area contributed by atoms with Crippen LogP contribution in [0.1, 0.15) is 54.1 Å². The molecule has 0 amide bonds. The Bertz CT molecular complexity index is 2420. The third kappa shape index (κ3) is 6.89. The molecule has 1 aliphatic rings. The number of nitrogens with two attached hydrogens (primary N) is 1. The first-order chi connectivity index (χ1) is 25.6. The Morgan fingerprint density at radius 2 is 1.27 bits per heavy atom. The van der Waals surface area contributed by atoms with E-state index < -0.39 is 0 Å². The lowest BCUT2D eigenvalue weighted by atomic mass is 9.87. The van der Waals surface area contributed by atoms with Gasteiger partial charge in [-0.3, -0.25) is 5.32 Å². The number of fused-ring (bicyclic) bond motifs is 8. The fraction of sp³-hybridized carbons (Fsp3) is 0.167. The summed E-state index contributed by atoms with van der Waals surface area (Å²) in [5.74, 6) is 0. The van der Waals surface area contributed by atoms with E-state index in [4.69, 9.17) is 5.73 Å². The summed E-state index contributed by atoms with van der Waals surface area (Å²) in [5, 5.41) is 13.2. The Hall–Kier alpha value is -5.52. The zero-order valence-electron chi connectivity index (χ0n) is 30.6. The van der Waals surface area contributed by atoms with E-state index in [0.717, 1.165) is 18.4 Å². The molecule has 2 atom stereocenters. The number of aromatic nitrogens is 1. The average Bonchev–Trinajstić information content (AvgIpc) is 3.57. The maximum Gasteiger partial charge on any atom is 0.0847 e. The Morgan fingerprint density at radius 1 is 0.615 bits per heavy atom. The van der Waals surface area contributed by atoms with E-state index >= 15 is 0 Å². The van der Waals surface area contributed by atoms with Gasteiger partial charge in [-0.25, -0.2) is 0 Å². The molecular weight excluding hydrogens is 633 g/mol. The summed E-state index contributed by atoms with van der Waals surface area (Å²) >= 11 is 0. The number of benzene rings is 7. The highest BCUT2D eigenvalue weighted by molar-refractivity contribution is 6.16. The summed E-state index contributed by atoms with van der Waals surface area (Å²) in [7, 11) is 1.94. The van der Waals surface area contributed by atoms with Crippen LogP contribution in [0, 0.1) is 6.92 Å². The van der Waals surface area contributed by atoms with Crippen LogP contribution in [0.5, 0.6) is 0 Å². The van der Waals surface area contributed by atoms with Crippen LogP contribution in [0.2, 0.25) is 0 Å². The number of nitrogens with one attached hydrogen (secondary N) is 2. The molecule has 260 valence electrons. The quantitative estimate of drug-likeness (QED) is 0.153. The smallest absolute Gasteiger partial charge is 0.0847 e. The molecule has 0 saturated carbocycles. The Kier molecular flexibility index (Phi) is 10.6. The van der Waals surface area contributed by atoms with Crippen LogP contribution >= 0.6 is 0 Å². The van der Waals surface area contributed by atoms with Crippen LogP contribution in [0.4, 0.5) is 0 Å². The molecular formula is C48H48N4. The molecule has 0 aliphatic heterocycles. The van der Waals surface area contributed by atoms with Crippen LogP contribution in [0.25, 0.3) is 49.3 Å². The van der Waals surface area contributed by atoms with Crippen LogP contribution in [0.15, 0.2) is 158 Å². The monoisotopic (exact) mass is 680 g/mol. The number of hydrogen-bond acceptors (Lipinski definition) is 3. The van der Waals surface area contributed by atoms with Gasteiger partial charge in [0.15, 0.2) is 0 Å². The normalized spacial score (nSPS) is 12.9. The van der Waals surface area contributed by atoms with Crippen LogP contribution in [-0.2, 0) is 12.8 Å². The van der Waals surface area contributed by atoms with E-state index in [1.165, 1.54) is 71.6 Å². The Morgan fingerprint density at radius 3 is 2.04 bits per heavy atom. The summed E-state index contributed by atoms with van der Waals surface area (Å²) in [5.41, 5.74) is 18.1. The molecule has 1 aromatic heterocycles. The lowest BCUT2D eigenvalue weighted by molar-refractivity contribution is 0.411. The maximum absolute atomic E-state index is 6.27.